The fraction of sp³-hybridized carbons (Fsp3) is 0.368. The molecule has 2 aromatic heterocycles. The summed E-state index contributed by atoms with van der Waals surface area (Å²) in [5.74, 6) is -0.174. The van der Waals surface area contributed by atoms with Crippen LogP contribution >= 0.6 is 11.6 Å². The zero-order valence-electron chi connectivity index (χ0n) is 15.3. The fourth-order valence-corrected chi connectivity index (χ4v) is 4.01. The van der Waals surface area contributed by atoms with Crippen molar-refractivity contribution in [3.8, 4) is 0 Å². The number of nitrogens with zero attached hydrogens (tertiary/aromatic N) is 3. The van der Waals surface area contributed by atoms with Crippen LogP contribution in [0.5, 0.6) is 0 Å². The van der Waals surface area contributed by atoms with E-state index in [1.54, 1.807) is 30.7 Å². The number of rotatable bonds is 3. The first-order valence-corrected chi connectivity index (χ1v) is 9.13. The molecule has 0 aliphatic carbocycles. The summed E-state index contributed by atoms with van der Waals surface area (Å²) in [6, 6.07) is 5.52. The summed E-state index contributed by atoms with van der Waals surface area (Å²) in [6.07, 6.45) is -0.680. The van der Waals surface area contributed by atoms with Gasteiger partial charge >= 0.3 is 0 Å². The molecule has 1 fully saturated rings. The molecule has 4 atom stereocenters. The number of benzene rings is 1. The number of ether oxygens (including phenoxy) is 1. The molecule has 0 bridgehead atoms. The molecule has 1 aliphatic rings. The highest BCUT2D eigenvalue weighted by molar-refractivity contribution is 6.31. The second kappa shape index (κ2) is 6.66. The Morgan fingerprint density at radius 3 is 2.79 bits per heavy atom. The van der Waals surface area contributed by atoms with E-state index in [0.29, 0.717) is 22.4 Å². The molecular formula is C19H20ClFN4O3. The van der Waals surface area contributed by atoms with Crippen molar-refractivity contribution in [2.45, 2.75) is 38.4 Å². The topological polar surface area (TPSA) is 106 Å². The van der Waals surface area contributed by atoms with Gasteiger partial charge < -0.3 is 25.3 Å². The number of aromatic nitrogens is 3. The van der Waals surface area contributed by atoms with Gasteiger partial charge in [-0.15, -0.1) is 0 Å². The first-order valence-electron chi connectivity index (χ1n) is 8.75. The Labute approximate surface area is 165 Å². The van der Waals surface area contributed by atoms with Crippen molar-refractivity contribution >= 4 is 28.5 Å². The van der Waals surface area contributed by atoms with Crippen LogP contribution in [0.15, 0.2) is 36.8 Å². The lowest BCUT2D eigenvalue weighted by Gasteiger charge is -2.31. The second-order valence-electron chi connectivity index (χ2n) is 7.54. The molecule has 1 aromatic carbocycles. The van der Waals surface area contributed by atoms with Crippen LogP contribution in [-0.4, -0.2) is 37.0 Å². The van der Waals surface area contributed by atoms with Gasteiger partial charge in [0.2, 0.25) is 0 Å². The quantitative estimate of drug-likeness (QED) is 0.617. The summed E-state index contributed by atoms with van der Waals surface area (Å²) in [5.41, 5.74) is 5.89. The Morgan fingerprint density at radius 2 is 2.07 bits per heavy atom. The number of hydrogen-bond acceptors (Lipinski definition) is 6. The Hall–Kier alpha value is -2.26. The van der Waals surface area contributed by atoms with E-state index >= 15 is 0 Å². The summed E-state index contributed by atoms with van der Waals surface area (Å²) < 4.78 is 21.1. The third-order valence-corrected chi connectivity index (χ3v) is 5.76. The number of nitrogen functional groups attached to an aromatic ring is 1. The summed E-state index contributed by atoms with van der Waals surface area (Å²) in [6.45, 7) is 3.58. The third-order valence-electron chi connectivity index (χ3n) is 5.43. The minimum Gasteiger partial charge on any atom is -0.388 e. The lowest BCUT2D eigenvalue weighted by atomic mass is 9.78. The number of fused-ring (bicyclic) bond motifs is 1. The second-order valence-corrected chi connectivity index (χ2v) is 7.95. The van der Waals surface area contributed by atoms with E-state index in [0.717, 1.165) is 6.07 Å². The molecule has 4 rings (SSSR count). The van der Waals surface area contributed by atoms with Crippen LogP contribution in [0.1, 0.15) is 31.7 Å². The molecule has 9 heteroatoms. The standard InChI is InChI=1S/C19H20ClFN4O3/c1-19(2)14(27)18(25-6-5-11-16(22)23-8-24-17(11)25)28-15(19)13(26)10-4-3-9(21)7-12(10)20/h3-8,13-15,18,26-27H,1-2H3,(H2,22,23,24)/t13-,14-,15+,18+/m0/s1. The Balaban J connectivity index is 1.72. The average Bonchev–Trinajstić information content (AvgIpc) is 3.15. The Bertz CT molecular complexity index is 1040. The van der Waals surface area contributed by atoms with Crippen LogP contribution in [0.2, 0.25) is 5.02 Å². The highest BCUT2D eigenvalue weighted by atomic mass is 35.5. The molecule has 7 nitrogen and oxygen atoms in total. The highest BCUT2D eigenvalue weighted by Gasteiger charge is 2.54. The van der Waals surface area contributed by atoms with E-state index in [1.807, 2.05) is 0 Å². The van der Waals surface area contributed by atoms with Gasteiger partial charge in [0.15, 0.2) is 6.23 Å². The van der Waals surface area contributed by atoms with Crippen molar-refractivity contribution in [2.24, 2.45) is 5.41 Å². The van der Waals surface area contributed by atoms with Crippen molar-refractivity contribution in [1.82, 2.24) is 14.5 Å². The van der Waals surface area contributed by atoms with E-state index in [4.69, 9.17) is 22.1 Å². The molecule has 0 unspecified atom stereocenters. The number of aliphatic hydroxyl groups excluding tert-OH is 2. The maximum atomic E-state index is 13.4. The molecule has 3 aromatic rings. The summed E-state index contributed by atoms with van der Waals surface area (Å²) >= 11 is 6.11. The first-order chi connectivity index (χ1) is 13.2. The van der Waals surface area contributed by atoms with Gasteiger partial charge in [-0.3, -0.25) is 0 Å². The minimum atomic E-state index is -1.16. The zero-order valence-corrected chi connectivity index (χ0v) is 16.0. The highest BCUT2D eigenvalue weighted by Crippen LogP contribution is 2.49. The lowest BCUT2D eigenvalue weighted by molar-refractivity contribution is -0.0838. The maximum absolute atomic E-state index is 13.4. The summed E-state index contributed by atoms with van der Waals surface area (Å²) in [5, 5.41) is 22.6. The van der Waals surface area contributed by atoms with Gasteiger partial charge in [-0.1, -0.05) is 31.5 Å². The van der Waals surface area contributed by atoms with Crippen LogP contribution in [0.25, 0.3) is 11.0 Å². The molecule has 0 saturated carbocycles. The van der Waals surface area contributed by atoms with Crippen LogP contribution in [0.3, 0.4) is 0 Å². The third kappa shape index (κ3) is 2.84. The predicted molar refractivity (Wildman–Crippen MR) is 102 cm³/mol. The molecular weight excluding hydrogens is 387 g/mol. The molecule has 0 spiro atoms. The van der Waals surface area contributed by atoms with Crippen molar-refractivity contribution in [3.05, 3.63) is 53.2 Å². The molecule has 0 radical (unpaired) electrons. The number of anilines is 1. The smallest absolute Gasteiger partial charge is 0.162 e. The van der Waals surface area contributed by atoms with Gasteiger partial charge in [0.25, 0.3) is 0 Å². The first kappa shape index (κ1) is 19.1. The van der Waals surface area contributed by atoms with E-state index in [1.165, 1.54) is 18.5 Å². The predicted octanol–water partition coefficient (Wildman–Crippen LogP) is 2.82. The molecule has 148 valence electrons. The maximum Gasteiger partial charge on any atom is 0.162 e. The average molecular weight is 407 g/mol. The lowest BCUT2D eigenvalue weighted by Crippen LogP contribution is -2.38. The van der Waals surface area contributed by atoms with Crippen LogP contribution in [0, 0.1) is 11.2 Å². The largest absolute Gasteiger partial charge is 0.388 e. The van der Waals surface area contributed by atoms with Gasteiger partial charge in [-0.05, 0) is 18.2 Å². The van der Waals surface area contributed by atoms with E-state index in [2.05, 4.69) is 9.97 Å². The molecule has 3 heterocycles. The van der Waals surface area contributed by atoms with E-state index in [9.17, 15) is 14.6 Å². The number of hydrogen-bond donors (Lipinski definition) is 3. The number of aliphatic hydroxyl groups is 2. The number of halogens is 2. The van der Waals surface area contributed by atoms with Gasteiger partial charge in [0, 0.05) is 22.2 Å². The Morgan fingerprint density at radius 1 is 1.32 bits per heavy atom. The van der Waals surface area contributed by atoms with Gasteiger partial charge in [0.1, 0.15) is 35.8 Å². The minimum absolute atomic E-state index is 0.0942. The molecule has 28 heavy (non-hydrogen) atoms. The Kier molecular flexibility index (Phi) is 4.54. The molecule has 1 aliphatic heterocycles. The van der Waals surface area contributed by atoms with Crippen LogP contribution in [-0.2, 0) is 4.74 Å². The van der Waals surface area contributed by atoms with Crippen molar-refractivity contribution in [1.29, 1.82) is 0 Å². The van der Waals surface area contributed by atoms with Crippen molar-refractivity contribution in [2.75, 3.05) is 5.73 Å². The van der Waals surface area contributed by atoms with Gasteiger partial charge in [-0.2, -0.15) is 0 Å². The summed E-state index contributed by atoms with van der Waals surface area (Å²) in [4.78, 5) is 8.20. The zero-order chi connectivity index (χ0) is 20.2. The van der Waals surface area contributed by atoms with Crippen molar-refractivity contribution in [3.63, 3.8) is 0 Å². The summed E-state index contributed by atoms with van der Waals surface area (Å²) in [7, 11) is 0. The molecule has 0 amide bonds. The van der Waals surface area contributed by atoms with Gasteiger partial charge in [-0.25, -0.2) is 14.4 Å². The molecule has 4 N–H and O–H groups in total. The van der Waals surface area contributed by atoms with Crippen molar-refractivity contribution < 1.29 is 19.3 Å². The SMILES string of the molecule is CC1(C)[C@@H]([C@@H](O)c2ccc(F)cc2Cl)O[C@@H](n2ccc3c(N)ncnc32)[C@@H]1O. The fourth-order valence-electron chi connectivity index (χ4n) is 3.74. The van der Waals surface area contributed by atoms with Gasteiger partial charge in [0.05, 0.1) is 11.5 Å². The van der Waals surface area contributed by atoms with E-state index < -0.39 is 35.8 Å². The van der Waals surface area contributed by atoms with E-state index in [-0.39, 0.29) is 5.02 Å². The monoisotopic (exact) mass is 406 g/mol. The van der Waals surface area contributed by atoms with Crippen LogP contribution in [0.4, 0.5) is 10.2 Å². The molecule has 1 saturated heterocycles. The number of nitrogens with two attached hydrogens (primary N) is 1. The normalized spacial score (nSPS) is 25.3. The van der Waals surface area contributed by atoms with Crippen LogP contribution < -0.4 is 5.73 Å².